The van der Waals surface area contributed by atoms with Crippen molar-refractivity contribution in [2.24, 2.45) is 5.41 Å². The van der Waals surface area contributed by atoms with Crippen LogP contribution >= 0.6 is 0 Å². The summed E-state index contributed by atoms with van der Waals surface area (Å²) in [6.07, 6.45) is 4.54. The maximum atomic E-state index is 4.02. The van der Waals surface area contributed by atoms with Gasteiger partial charge in [0, 0.05) is 0 Å². The molecule has 0 bridgehead atoms. The summed E-state index contributed by atoms with van der Waals surface area (Å²) in [4.78, 5) is 0. The van der Waals surface area contributed by atoms with Crippen LogP contribution in [0.4, 0.5) is 0 Å². The molecule has 0 aliphatic rings. The quantitative estimate of drug-likeness (QED) is 0.429. The van der Waals surface area contributed by atoms with Crippen molar-refractivity contribution in [1.82, 2.24) is 0 Å². The molecule has 0 saturated carbocycles. The van der Waals surface area contributed by atoms with Crippen LogP contribution in [0.25, 0.3) is 0 Å². The maximum Gasteiger partial charge on any atom is -0.0147 e. The normalized spacial score (nSPS) is 12.8. The fraction of sp³-hybridized carbons (Fsp3) is 0.571. The third-order valence-corrected chi connectivity index (χ3v) is 3.05. The van der Waals surface area contributed by atoms with Crippen LogP contribution in [0.2, 0.25) is 0 Å². The third kappa shape index (κ3) is 4.45. The monoisotopic (exact) mass is 192 g/mol. The summed E-state index contributed by atoms with van der Waals surface area (Å²) < 4.78 is 0. The van der Waals surface area contributed by atoms with Crippen molar-refractivity contribution in [2.75, 3.05) is 0 Å². The van der Waals surface area contributed by atoms with Crippen LogP contribution in [0.3, 0.4) is 0 Å². The van der Waals surface area contributed by atoms with Gasteiger partial charge in [0.2, 0.25) is 0 Å². The van der Waals surface area contributed by atoms with Crippen LogP contribution in [-0.2, 0) is 0 Å². The molecule has 0 nitrogen and oxygen atoms in total. The SMILES string of the molecule is C=C(C)C(C)=CCCC(C)(C)C(=C)C. The van der Waals surface area contributed by atoms with Crippen molar-refractivity contribution >= 4 is 0 Å². The van der Waals surface area contributed by atoms with E-state index in [9.17, 15) is 0 Å². The van der Waals surface area contributed by atoms with E-state index in [1.54, 1.807) is 0 Å². The fourth-order valence-electron chi connectivity index (χ4n) is 1.04. The molecule has 0 spiro atoms. The molecule has 0 heteroatoms. The Bertz CT molecular complexity index is 251. The molecule has 0 rings (SSSR count). The highest BCUT2D eigenvalue weighted by Crippen LogP contribution is 2.30. The van der Waals surface area contributed by atoms with Crippen molar-refractivity contribution in [3.05, 3.63) is 36.0 Å². The van der Waals surface area contributed by atoms with Crippen LogP contribution in [0, 0.1) is 5.41 Å². The van der Waals surface area contributed by atoms with Gasteiger partial charge in [0.1, 0.15) is 0 Å². The Morgan fingerprint density at radius 2 is 1.64 bits per heavy atom. The van der Waals surface area contributed by atoms with Crippen molar-refractivity contribution < 1.29 is 0 Å². The minimum absolute atomic E-state index is 0.256. The fourth-order valence-corrected chi connectivity index (χ4v) is 1.04. The molecule has 0 heterocycles. The van der Waals surface area contributed by atoms with E-state index < -0.39 is 0 Å². The summed E-state index contributed by atoms with van der Waals surface area (Å²) >= 11 is 0. The van der Waals surface area contributed by atoms with Crippen LogP contribution in [0.15, 0.2) is 36.0 Å². The van der Waals surface area contributed by atoms with Gasteiger partial charge in [0.15, 0.2) is 0 Å². The Hall–Kier alpha value is -0.780. The standard InChI is InChI=1S/C14H24/c1-11(2)13(5)9-8-10-14(6,7)12(3)4/h9H,1,3,8,10H2,2,4-7H3. The van der Waals surface area contributed by atoms with Gasteiger partial charge in [0.25, 0.3) is 0 Å². The van der Waals surface area contributed by atoms with Crippen molar-refractivity contribution in [3.63, 3.8) is 0 Å². The van der Waals surface area contributed by atoms with Crippen LogP contribution in [-0.4, -0.2) is 0 Å². The van der Waals surface area contributed by atoms with E-state index in [-0.39, 0.29) is 5.41 Å². The number of hydrogen-bond acceptors (Lipinski definition) is 0. The second-order valence-electron chi connectivity index (χ2n) is 4.87. The average molecular weight is 192 g/mol. The lowest BCUT2D eigenvalue weighted by molar-refractivity contribution is 0.413. The van der Waals surface area contributed by atoms with Crippen molar-refractivity contribution in [2.45, 2.75) is 47.5 Å². The number of allylic oxidation sites excluding steroid dienone is 4. The number of rotatable bonds is 5. The van der Waals surface area contributed by atoms with E-state index in [2.05, 4.69) is 53.9 Å². The molecule has 0 amide bonds. The van der Waals surface area contributed by atoms with E-state index in [0.717, 1.165) is 18.4 Å². The zero-order valence-corrected chi connectivity index (χ0v) is 10.4. The van der Waals surface area contributed by atoms with E-state index in [1.807, 2.05) is 0 Å². The van der Waals surface area contributed by atoms with Gasteiger partial charge in [-0.05, 0) is 39.0 Å². The first-order chi connectivity index (χ1) is 6.27. The third-order valence-electron chi connectivity index (χ3n) is 3.05. The summed E-state index contributed by atoms with van der Waals surface area (Å²) in [7, 11) is 0. The second-order valence-corrected chi connectivity index (χ2v) is 4.87. The van der Waals surface area contributed by atoms with Crippen LogP contribution in [0.1, 0.15) is 47.5 Å². The summed E-state index contributed by atoms with van der Waals surface area (Å²) in [5.41, 5.74) is 3.99. The minimum atomic E-state index is 0.256. The van der Waals surface area contributed by atoms with Gasteiger partial charge >= 0.3 is 0 Å². The number of hydrogen-bond donors (Lipinski definition) is 0. The highest BCUT2D eigenvalue weighted by atomic mass is 14.2. The highest BCUT2D eigenvalue weighted by molar-refractivity contribution is 5.23. The summed E-state index contributed by atoms with van der Waals surface area (Å²) in [5.74, 6) is 0. The molecule has 0 aromatic heterocycles. The molecule has 0 aliphatic carbocycles. The lowest BCUT2D eigenvalue weighted by Crippen LogP contribution is -2.11. The van der Waals surface area contributed by atoms with Gasteiger partial charge in [0.05, 0.1) is 0 Å². The molecule has 0 radical (unpaired) electrons. The molecule has 80 valence electrons. The molecular formula is C14H24. The summed E-state index contributed by atoms with van der Waals surface area (Å²) in [6, 6.07) is 0. The molecule has 0 atom stereocenters. The van der Waals surface area contributed by atoms with Crippen molar-refractivity contribution in [1.29, 1.82) is 0 Å². The molecule has 0 N–H and O–H groups in total. The maximum absolute atomic E-state index is 4.02. The van der Waals surface area contributed by atoms with Gasteiger partial charge in [-0.25, -0.2) is 0 Å². The molecule has 0 aromatic rings. The predicted octanol–water partition coefficient (Wildman–Crippen LogP) is 4.89. The van der Waals surface area contributed by atoms with E-state index in [4.69, 9.17) is 0 Å². The van der Waals surface area contributed by atoms with Gasteiger partial charge in [-0.2, -0.15) is 0 Å². The minimum Gasteiger partial charge on any atom is -0.0996 e. The Kier molecular flexibility index (Phi) is 4.90. The van der Waals surface area contributed by atoms with Gasteiger partial charge in [-0.15, -0.1) is 0 Å². The molecule has 0 aliphatic heterocycles. The van der Waals surface area contributed by atoms with E-state index >= 15 is 0 Å². The average Bonchev–Trinajstić information content (AvgIpc) is 2.03. The topological polar surface area (TPSA) is 0 Å². The first-order valence-electron chi connectivity index (χ1n) is 5.26. The summed E-state index contributed by atoms with van der Waals surface area (Å²) in [5, 5.41) is 0. The zero-order chi connectivity index (χ0) is 11.4. The van der Waals surface area contributed by atoms with E-state index in [1.165, 1.54) is 11.1 Å². The zero-order valence-electron chi connectivity index (χ0n) is 10.4. The smallest absolute Gasteiger partial charge is 0.0147 e. The highest BCUT2D eigenvalue weighted by Gasteiger charge is 2.16. The Morgan fingerprint density at radius 1 is 1.14 bits per heavy atom. The molecule has 0 aromatic carbocycles. The Balaban J connectivity index is 4.15. The summed E-state index contributed by atoms with van der Waals surface area (Å²) in [6.45, 7) is 18.7. The van der Waals surface area contributed by atoms with Crippen LogP contribution in [0.5, 0.6) is 0 Å². The molecule has 0 fully saturated rings. The lowest BCUT2D eigenvalue weighted by atomic mass is 9.81. The van der Waals surface area contributed by atoms with Gasteiger partial charge in [-0.1, -0.05) is 49.8 Å². The second kappa shape index (κ2) is 5.19. The predicted molar refractivity (Wildman–Crippen MR) is 66.4 cm³/mol. The van der Waals surface area contributed by atoms with Gasteiger partial charge < -0.3 is 0 Å². The lowest BCUT2D eigenvalue weighted by Gasteiger charge is -2.24. The van der Waals surface area contributed by atoms with Crippen LogP contribution < -0.4 is 0 Å². The first-order valence-corrected chi connectivity index (χ1v) is 5.26. The van der Waals surface area contributed by atoms with Gasteiger partial charge in [-0.3, -0.25) is 0 Å². The molecule has 14 heavy (non-hydrogen) atoms. The first kappa shape index (κ1) is 13.2. The molecular weight excluding hydrogens is 168 g/mol. The molecule has 0 saturated heterocycles. The van der Waals surface area contributed by atoms with E-state index in [0.29, 0.717) is 0 Å². The van der Waals surface area contributed by atoms with Crippen molar-refractivity contribution in [3.8, 4) is 0 Å². The molecule has 0 unspecified atom stereocenters. The largest absolute Gasteiger partial charge is 0.0996 e. The Morgan fingerprint density at radius 3 is 2.00 bits per heavy atom. The Labute approximate surface area is 89.4 Å².